The molecule has 2 aromatic rings. The molecular weight excluding hydrogens is 324 g/mol. The van der Waals surface area contributed by atoms with Gasteiger partial charge in [-0.25, -0.2) is 4.98 Å². The van der Waals surface area contributed by atoms with Gasteiger partial charge >= 0.3 is 0 Å². The Kier molecular flexibility index (Phi) is 5.22. The fourth-order valence-electron chi connectivity index (χ4n) is 2.66. The van der Waals surface area contributed by atoms with Crippen molar-refractivity contribution in [3.8, 4) is 11.3 Å². The lowest BCUT2D eigenvalue weighted by Crippen LogP contribution is -2.49. The summed E-state index contributed by atoms with van der Waals surface area (Å²) in [4.78, 5) is 31.8. The molecule has 0 radical (unpaired) electrons. The lowest BCUT2D eigenvalue weighted by molar-refractivity contribution is -0.130. The molecule has 0 atom stereocenters. The van der Waals surface area contributed by atoms with Crippen molar-refractivity contribution in [2.45, 2.75) is 6.92 Å². The molecule has 24 heavy (non-hydrogen) atoms. The minimum absolute atomic E-state index is 0.0692. The Labute approximate surface area is 145 Å². The number of nitrogens with zero attached hydrogens (tertiary/aromatic N) is 3. The summed E-state index contributed by atoms with van der Waals surface area (Å²) >= 11 is 1.42. The Morgan fingerprint density at radius 3 is 2.54 bits per heavy atom. The molecule has 1 fully saturated rings. The number of nitrogens with one attached hydrogen (secondary N) is 1. The molecule has 3 rings (SSSR count). The second-order valence-corrected chi connectivity index (χ2v) is 6.59. The van der Waals surface area contributed by atoms with Gasteiger partial charge in [0, 0.05) is 44.0 Å². The molecule has 126 valence electrons. The van der Waals surface area contributed by atoms with E-state index in [1.54, 1.807) is 11.8 Å². The van der Waals surface area contributed by atoms with E-state index in [9.17, 15) is 9.59 Å². The van der Waals surface area contributed by atoms with Crippen molar-refractivity contribution < 1.29 is 9.59 Å². The van der Waals surface area contributed by atoms with Crippen LogP contribution in [0, 0.1) is 0 Å². The molecule has 2 heterocycles. The fourth-order valence-corrected chi connectivity index (χ4v) is 3.39. The van der Waals surface area contributed by atoms with Crippen LogP contribution in [0.1, 0.15) is 6.92 Å². The third kappa shape index (κ3) is 4.18. The molecule has 0 bridgehead atoms. The SMILES string of the molecule is CC(=O)N1CCN(CC(=O)Nc2nc(-c3ccccc3)cs2)CC1. The number of piperazine rings is 1. The maximum atomic E-state index is 12.2. The summed E-state index contributed by atoms with van der Waals surface area (Å²) < 4.78 is 0. The van der Waals surface area contributed by atoms with Gasteiger partial charge in [-0.3, -0.25) is 14.5 Å². The second kappa shape index (κ2) is 7.55. The zero-order valence-electron chi connectivity index (χ0n) is 13.6. The van der Waals surface area contributed by atoms with Gasteiger partial charge < -0.3 is 10.2 Å². The number of benzene rings is 1. The van der Waals surface area contributed by atoms with Gasteiger partial charge in [0.1, 0.15) is 0 Å². The highest BCUT2D eigenvalue weighted by Gasteiger charge is 2.20. The Hall–Kier alpha value is -2.25. The number of hydrogen-bond donors (Lipinski definition) is 1. The standard InChI is InChI=1S/C17H20N4O2S/c1-13(22)21-9-7-20(8-10-21)11-16(23)19-17-18-15(12-24-17)14-5-3-2-4-6-14/h2-6,12H,7-11H2,1H3,(H,18,19,23). The first kappa shape index (κ1) is 16.6. The molecule has 0 saturated carbocycles. The molecule has 1 aliphatic rings. The number of carbonyl (C=O) groups is 2. The van der Waals surface area contributed by atoms with Gasteiger partial charge in [0.2, 0.25) is 11.8 Å². The first-order valence-corrected chi connectivity index (χ1v) is 8.78. The van der Waals surface area contributed by atoms with Crippen molar-refractivity contribution in [1.82, 2.24) is 14.8 Å². The summed E-state index contributed by atoms with van der Waals surface area (Å²) in [5.41, 5.74) is 1.90. The molecule has 0 unspecified atom stereocenters. The molecule has 1 aromatic carbocycles. The molecular formula is C17H20N4O2S. The topological polar surface area (TPSA) is 65.5 Å². The minimum atomic E-state index is -0.0692. The molecule has 1 aliphatic heterocycles. The van der Waals surface area contributed by atoms with Gasteiger partial charge in [-0.15, -0.1) is 11.3 Å². The van der Waals surface area contributed by atoms with Crippen LogP contribution in [0.3, 0.4) is 0 Å². The summed E-state index contributed by atoms with van der Waals surface area (Å²) in [6.45, 7) is 4.71. The third-order valence-corrected chi connectivity index (χ3v) is 4.76. The van der Waals surface area contributed by atoms with E-state index in [4.69, 9.17) is 0 Å². The molecule has 7 heteroatoms. The lowest BCUT2D eigenvalue weighted by Gasteiger charge is -2.33. The average molecular weight is 344 g/mol. The van der Waals surface area contributed by atoms with Crippen molar-refractivity contribution in [2.75, 3.05) is 38.0 Å². The largest absolute Gasteiger partial charge is 0.340 e. The molecule has 0 aliphatic carbocycles. The fraction of sp³-hybridized carbons (Fsp3) is 0.353. The van der Waals surface area contributed by atoms with Crippen LogP contribution >= 0.6 is 11.3 Å². The van der Waals surface area contributed by atoms with Crippen molar-refractivity contribution >= 4 is 28.3 Å². The summed E-state index contributed by atoms with van der Waals surface area (Å²) in [6, 6.07) is 9.88. The van der Waals surface area contributed by atoms with E-state index in [0.29, 0.717) is 24.8 Å². The van der Waals surface area contributed by atoms with Crippen molar-refractivity contribution in [1.29, 1.82) is 0 Å². The number of thiazole rings is 1. The predicted molar refractivity (Wildman–Crippen MR) is 94.9 cm³/mol. The zero-order chi connectivity index (χ0) is 16.9. The Morgan fingerprint density at radius 1 is 1.17 bits per heavy atom. The Bertz CT molecular complexity index is 708. The number of aromatic nitrogens is 1. The summed E-state index contributed by atoms with van der Waals surface area (Å²) in [6.07, 6.45) is 0. The smallest absolute Gasteiger partial charge is 0.240 e. The highest BCUT2D eigenvalue weighted by molar-refractivity contribution is 7.14. The summed E-state index contributed by atoms with van der Waals surface area (Å²) in [5, 5.41) is 5.41. The van der Waals surface area contributed by atoms with Crippen LogP contribution < -0.4 is 5.32 Å². The van der Waals surface area contributed by atoms with Crippen LogP contribution in [-0.4, -0.2) is 59.3 Å². The number of rotatable bonds is 4. The normalized spacial score (nSPS) is 15.3. The highest BCUT2D eigenvalue weighted by Crippen LogP contribution is 2.24. The third-order valence-electron chi connectivity index (χ3n) is 4.00. The van der Waals surface area contributed by atoms with E-state index >= 15 is 0 Å². The second-order valence-electron chi connectivity index (χ2n) is 5.73. The van der Waals surface area contributed by atoms with E-state index in [1.165, 1.54) is 11.3 Å². The van der Waals surface area contributed by atoms with E-state index < -0.39 is 0 Å². The van der Waals surface area contributed by atoms with E-state index in [-0.39, 0.29) is 11.8 Å². The van der Waals surface area contributed by atoms with Crippen LogP contribution in [-0.2, 0) is 9.59 Å². The average Bonchev–Trinajstić information content (AvgIpc) is 3.04. The molecule has 1 N–H and O–H groups in total. The van der Waals surface area contributed by atoms with Gasteiger partial charge in [0.05, 0.1) is 12.2 Å². The molecule has 1 saturated heterocycles. The number of anilines is 1. The van der Waals surface area contributed by atoms with E-state index in [2.05, 4.69) is 15.2 Å². The van der Waals surface area contributed by atoms with Gasteiger partial charge in [0.15, 0.2) is 5.13 Å². The molecule has 2 amide bonds. The zero-order valence-corrected chi connectivity index (χ0v) is 14.4. The number of carbonyl (C=O) groups excluding carboxylic acids is 2. The maximum absolute atomic E-state index is 12.2. The number of hydrogen-bond acceptors (Lipinski definition) is 5. The van der Waals surface area contributed by atoms with Crippen LogP contribution in [0.25, 0.3) is 11.3 Å². The van der Waals surface area contributed by atoms with Crippen LogP contribution in [0.2, 0.25) is 0 Å². The first-order chi connectivity index (χ1) is 11.6. The maximum Gasteiger partial charge on any atom is 0.240 e. The van der Waals surface area contributed by atoms with Crippen LogP contribution in [0.4, 0.5) is 5.13 Å². The van der Waals surface area contributed by atoms with Gasteiger partial charge in [-0.1, -0.05) is 30.3 Å². The van der Waals surface area contributed by atoms with Crippen molar-refractivity contribution in [3.63, 3.8) is 0 Å². The monoisotopic (exact) mass is 344 g/mol. The quantitative estimate of drug-likeness (QED) is 0.920. The summed E-state index contributed by atoms with van der Waals surface area (Å²) in [5.74, 6) is 0.0237. The molecule has 0 spiro atoms. The number of amides is 2. The van der Waals surface area contributed by atoms with Crippen molar-refractivity contribution in [3.05, 3.63) is 35.7 Å². The summed E-state index contributed by atoms with van der Waals surface area (Å²) in [7, 11) is 0. The molecule has 1 aromatic heterocycles. The lowest BCUT2D eigenvalue weighted by atomic mass is 10.2. The molecule has 6 nitrogen and oxygen atoms in total. The van der Waals surface area contributed by atoms with E-state index in [1.807, 2.05) is 35.7 Å². The van der Waals surface area contributed by atoms with Gasteiger partial charge in [-0.05, 0) is 0 Å². The first-order valence-electron chi connectivity index (χ1n) is 7.90. The Balaban J connectivity index is 1.51. The van der Waals surface area contributed by atoms with Gasteiger partial charge in [-0.2, -0.15) is 0 Å². The highest BCUT2D eigenvalue weighted by atomic mass is 32.1. The predicted octanol–water partition coefficient (Wildman–Crippen LogP) is 1.91. The van der Waals surface area contributed by atoms with Crippen LogP contribution in [0.15, 0.2) is 35.7 Å². The van der Waals surface area contributed by atoms with Gasteiger partial charge in [0.25, 0.3) is 0 Å². The Morgan fingerprint density at radius 2 is 1.88 bits per heavy atom. The van der Waals surface area contributed by atoms with E-state index in [0.717, 1.165) is 24.3 Å². The van der Waals surface area contributed by atoms with Crippen molar-refractivity contribution in [2.24, 2.45) is 0 Å². The van der Waals surface area contributed by atoms with Crippen LogP contribution in [0.5, 0.6) is 0 Å². The minimum Gasteiger partial charge on any atom is -0.340 e.